The van der Waals surface area contributed by atoms with Crippen molar-refractivity contribution in [2.45, 2.75) is 6.54 Å². The molecule has 0 saturated carbocycles. The molecule has 0 aliphatic carbocycles. The molecule has 92 valence electrons. The van der Waals surface area contributed by atoms with Gasteiger partial charge < -0.3 is 15.1 Å². The number of benzene rings is 1. The Kier molecular flexibility index (Phi) is 2.41. The van der Waals surface area contributed by atoms with Gasteiger partial charge in [0.05, 0.1) is 18.6 Å². The molecule has 3 N–H and O–H groups in total. The number of aromatic amines is 1. The molecule has 0 unspecified atom stereocenters. The van der Waals surface area contributed by atoms with Crippen LogP contribution in [-0.4, -0.2) is 21.5 Å². The number of aromatic nitrogens is 1. The molecule has 1 aromatic heterocycles. The van der Waals surface area contributed by atoms with Crippen molar-refractivity contribution in [2.24, 2.45) is 4.99 Å². The van der Waals surface area contributed by atoms with Gasteiger partial charge in [-0.05, 0) is 12.1 Å². The topological polar surface area (TPSA) is 71.8 Å². The summed E-state index contributed by atoms with van der Waals surface area (Å²) in [6.07, 6.45) is 1.60. The van der Waals surface area contributed by atoms with Crippen LogP contribution in [0, 0.1) is 0 Å². The van der Waals surface area contributed by atoms with Gasteiger partial charge in [0.1, 0.15) is 5.69 Å². The van der Waals surface area contributed by atoms with Gasteiger partial charge in [0.15, 0.2) is 5.88 Å². The summed E-state index contributed by atoms with van der Waals surface area (Å²) in [4.78, 5) is 8.40. The van der Waals surface area contributed by atoms with Gasteiger partial charge >= 0.3 is 0 Å². The third-order valence-corrected chi connectivity index (χ3v) is 3.18. The predicted octanol–water partition coefficient (Wildman–Crippen LogP) is 2.76. The zero-order valence-electron chi connectivity index (χ0n) is 9.26. The smallest absolute Gasteiger partial charge is 0.215 e. The molecule has 1 aromatic carbocycles. The van der Waals surface area contributed by atoms with Crippen LogP contribution in [0.25, 0.3) is 0 Å². The fraction of sp³-hybridized carbons (Fsp3) is 0.0833. The Hall–Kier alpha value is -2.14. The van der Waals surface area contributed by atoms with E-state index >= 15 is 0 Å². The summed E-state index contributed by atoms with van der Waals surface area (Å²) in [5, 5.41) is 19.6. The molecule has 3 rings (SSSR count). The van der Waals surface area contributed by atoms with Crippen LogP contribution >= 0.6 is 11.6 Å². The first-order valence-corrected chi connectivity index (χ1v) is 5.72. The van der Waals surface area contributed by atoms with Gasteiger partial charge in [-0.2, -0.15) is 0 Å². The standard InChI is InChI=1S/C12H10ClN3O2/c13-8-2-1-3-9-7(8)5-16(6-14-9)10-4-11(17)15-12(10)18/h1-4,6,15,17-18H,5H2. The normalized spacial score (nSPS) is 13.7. The Morgan fingerprint density at radius 2 is 2.17 bits per heavy atom. The van der Waals surface area contributed by atoms with E-state index in [2.05, 4.69) is 9.98 Å². The molecule has 0 atom stereocenters. The van der Waals surface area contributed by atoms with E-state index in [1.165, 1.54) is 6.07 Å². The third-order valence-electron chi connectivity index (χ3n) is 2.83. The minimum Gasteiger partial charge on any atom is -0.494 e. The zero-order valence-corrected chi connectivity index (χ0v) is 10.0. The van der Waals surface area contributed by atoms with Gasteiger partial charge in [-0.3, -0.25) is 4.98 Å². The maximum atomic E-state index is 9.65. The first-order chi connectivity index (χ1) is 8.65. The van der Waals surface area contributed by atoms with Crippen LogP contribution < -0.4 is 4.90 Å². The molecule has 2 heterocycles. The number of H-pyrrole nitrogens is 1. The van der Waals surface area contributed by atoms with Crippen LogP contribution in [0.15, 0.2) is 29.3 Å². The van der Waals surface area contributed by atoms with Crippen LogP contribution in [-0.2, 0) is 6.54 Å². The monoisotopic (exact) mass is 263 g/mol. The average Bonchev–Trinajstić information content (AvgIpc) is 2.69. The lowest BCUT2D eigenvalue weighted by Gasteiger charge is -2.23. The third kappa shape index (κ3) is 1.69. The lowest BCUT2D eigenvalue weighted by atomic mass is 10.1. The summed E-state index contributed by atoms with van der Waals surface area (Å²) in [6, 6.07) is 6.95. The van der Waals surface area contributed by atoms with Crippen molar-refractivity contribution in [1.29, 1.82) is 0 Å². The number of fused-ring (bicyclic) bond motifs is 1. The van der Waals surface area contributed by atoms with Gasteiger partial charge in [0.25, 0.3) is 0 Å². The highest BCUT2D eigenvalue weighted by Crippen LogP contribution is 2.36. The summed E-state index contributed by atoms with van der Waals surface area (Å²) < 4.78 is 0. The molecule has 2 aromatic rings. The molecule has 1 aliphatic heterocycles. The summed E-state index contributed by atoms with van der Waals surface area (Å²) >= 11 is 6.12. The number of rotatable bonds is 1. The largest absolute Gasteiger partial charge is 0.494 e. The number of anilines is 1. The number of hydrogen-bond donors (Lipinski definition) is 3. The second-order valence-corrected chi connectivity index (χ2v) is 4.41. The lowest BCUT2D eigenvalue weighted by molar-refractivity contribution is 0.425. The van der Waals surface area contributed by atoms with Crippen molar-refractivity contribution in [3.05, 3.63) is 34.9 Å². The quantitative estimate of drug-likeness (QED) is 0.741. The summed E-state index contributed by atoms with van der Waals surface area (Å²) in [7, 11) is 0. The molecule has 0 bridgehead atoms. The van der Waals surface area contributed by atoms with Gasteiger partial charge in [-0.25, -0.2) is 4.99 Å². The number of halogens is 1. The molecular weight excluding hydrogens is 254 g/mol. The van der Waals surface area contributed by atoms with Crippen molar-refractivity contribution in [3.63, 3.8) is 0 Å². The number of nitrogens with zero attached hydrogens (tertiary/aromatic N) is 2. The van der Waals surface area contributed by atoms with Crippen LogP contribution in [0.2, 0.25) is 5.02 Å². The maximum Gasteiger partial charge on any atom is 0.215 e. The Bertz CT molecular complexity index is 636. The van der Waals surface area contributed by atoms with E-state index in [9.17, 15) is 10.2 Å². The highest BCUT2D eigenvalue weighted by Gasteiger charge is 2.19. The van der Waals surface area contributed by atoms with Gasteiger partial charge in [-0.1, -0.05) is 17.7 Å². The van der Waals surface area contributed by atoms with Crippen LogP contribution in [0.5, 0.6) is 11.8 Å². The summed E-state index contributed by atoms with van der Waals surface area (Å²) in [6.45, 7) is 0.489. The summed E-state index contributed by atoms with van der Waals surface area (Å²) in [5.41, 5.74) is 2.17. The van der Waals surface area contributed by atoms with Gasteiger partial charge in [0.2, 0.25) is 5.88 Å². The van der Waals surface area contributed by atoms with Crippen molar-refractivity contribution < 1.29 is 10.2 Å². The second-order valence-electron chi connectivity index (χ2n) is 4.00. The average molecular weight is 264 g/mol. The predicted molar refractivity (Wildman–Crippen MR) is 69.9 cm³/mol. The first-order valence-electron chi connectivity index (χ1n) is 5.34. The first kappa shape index (κ1) is 11.0. The zero-order chi connectivity index (χ0) is 12.7. The Morgan fingerprint density at radius 3 is 2.89 bits per heavy atom. The maximum absolute atomic E-state index is 9.65. The van der Waals surface area contributed by atoms with E-state index in [0.29, 0.717) is 17.3 Å². The molecule has 0 amide bonds. The highest BCUT2D eigenvalue weighted by molar-refractivity contribution is 6.31. The van der Waals surface area contributed by atoms with Crippen LogP contribution in [0.3, 0.4) is 0 Å². The van der Waals surface area contributed by atoms with Crippen molar-refractivity contribution in [2.75, 3.05) is 4.90 Å². The molecular formula is C12H10ClN3O2. The fourth-order valence-corrected chi connectivity index (χ4v) is 2.18. The van der Waals surface area contributed by atoms with E-state index in [1.54, 1.807) is 17.3 Å². The van der Waals surface area contributed by atoms with E-state index in [1.807, 2.05) is 12.1 Å². The van der Waals surface area contributed by atoms with Crippen molar-refractivity contribution in [1.82, 2.24) is 4.98 Å². The number of aliphatic imine (C=N–C) groups is 1. The number of aromatic hydroxyl groups is 2. The molecule has 0 radical (unpaired) electrons. The van der Waals surface area contributed by atoms with Crippen molar-refractivity contribution >= 4 is 29.3 Å². The molecule has 18 heavy (non-hydrogen) atoms. The van der Waals surface area contributed by atoms with Gasteiger partial charge in [0, 0.05) is 16.7 Å². The molecule has 0 spiro atoms. The molecule has 1 aliphatic rings. The molecule has 0 saturated heterocycles. The molecule has 0 fully saturated rings. The minimum atomic E-state index is -0.102. The molecule has 6 heteroatoms. The fourth-order valence-electron chi connectivity index (χ4n) is 1.95. The van der Waals surface area contributed by atoms with E-state index in [-0.39, 0.29) is 11.8 Å². The second kappa shape index (κ2) is 3.96. The van der Waals surface area contributed by atoms with Crippen LogP contribution in [0.4, 0.5) is 11.4 Å². The number of nitrogens with one attached hydrogen (secondary N) is 1. The highest BCUT2D eigenvalue weighted by atomic mass is 35.5. The van der Waals surface area contributed by atoms with Crippen molar-refractivity contribution in [3.8, 4) is 11.8 Å². The van der Waals surface area contributed by atoms with E-state index in [4.69, 9.17) is 11.6 Å². The van der Waals surface area contributed by atoms with Crippen LogP contribution in [0.1, 0.15) is 5.56 Å². The minimum absolute atomic E-state index is 0.0964. The molecule has 5 nitrogen and oxygen atoms in total. The van der Waals surface area contributed by atoms with E-state index < -0.39 is 0 Å². The Labute approximate surface area is 108 Å². The Balaban J connectivity index is 2.01. The van der Waals surface area contributed by atoms with Gasteiger partial charge in [-0.15, -0.1) is 0 Å². The number of hydrogen-bond acceptors (Lipinski definition) is 4. The lowest BCUT2D eigenvalue weighted by Crippen LogP contribution is -2.23. The SMILES string of the molecule is Oc1cc(N2C=Nc3cccc(Cl)c3C2)c(O)[nH]1. The summed E-state index contributed by atoms with van der Waals surface area (Å²) in [5.74, 6) is -0.199. The Morgan fingerprint density at radius 1 is 1.33 bits per heavy atom. The van der Waals surface area contributed by atoms with E-state index in [0.717, 1.165) is 11.3 Å².